The second kappa shape index (κ2) is 3.94. The number of carbonyl (C=O) groups excluding carboxylic acids is 1. The summed E-state index contributed by atoms with van der Waals surface area (Å²) in [4.78, 5) is 22.9. The van der Waals surface area contributed by atoms with Crippen LogP contribution in [0.3, 0.4) is 0 Å². The van der Waals surface area contributed by atoms with Crippen LogP contribution < -0.4 is 4.90 Å². The standard InChI is InChI=1S/C15H18ClN3O/c1-19-10-9-17-13(16)18-11(10)15(12(19)20)7-5-14(6-8-15)3-2-4-14/h9H,2-8H2,1H3. The lowest BCUT2D eigenvalue weighted by Crippen LogP contribution is -2.46. The maximum Gasteiger partial charge on any atom is 0.239 e. The SMILES string of the molecule is CN1C(=O)C2(CCC3(CCC3)CC2)c2nc(Cl)ncc21. The van der Waals surface area contributed by atoms with E-state index in [0.717, 1.165) is 37.1 Å². The summed E-state index contributed by atoms with van der Waals surface area (Å²) in [6, 6.07) is 0. The van der Waals surface area contributed by atoms with E-state index in [9.17, 15) is 4.79 Å². The van der Waals surface area contributed by atoms with E-state index in [4.69, 9.17) is 11.6 Å². The van der Waals surface area contributed by atoms with Crippen molar-refractivity contribution in [2.24, 2.45) is 5.41 Å². The lowest BCUT2D eigenvalue weighted by Gasteiger charge is -2.49. The van der Waals surface area contributed by atoms with Crippen LogP contribution in [0, 0.1) is 5.41 Å². The van der Waals surface area contributed by atoms with Crippen LogP contribution in [-0.4, -0.2) is 22.9 Å². The molecular weight excluding hydrogens is 274 g/mol. The van der Waals surface area contributed by atoms with Gasteiger partial charge in [0.2, 0.25) is 11.2 Å². The van der Waals surface area contributed by atoms with Crippen LogP contribution in [0.25, 0.3) is 0 Å². The van der Waals surface area contributed by atoms with Crippen LogP contribution in [0.1, 0.15) is 50.6 Å². The fourth-order valence-corrected chi connectivity index (χ4v) is 4.45. The highest BCUT2D eigenvalue weighted by molar-refractivity contribution is 6.28. The van der Waals surface area contributed by atoms with E-state index >= 15 is 0 Å². The second-order valence-corrected chi connectivity index (χ2v) is 7.01. The van der Waals surface area contributed by atoms with Crippen molar-refractivity contribution in [1.82, 2.24) is 9.97 Å². The minimum Gasteiger partial charge on any atom is -0.312 e. The Labute approximate surface area is 123 Å². The number of hydrogen-bond donors (Lipinski definition) is 0. The van der Waals surface area contributed by atoms with Gasteiger partial charge >= 0.3 is 0 Å². The zero-order chi connectivity index (χ0) is 14.0. The molecule has 0 N–H and O–H groups in total. The third-order valence-corrected chi connectivity index (χ3v) is 6.03. The van der Waals surface area contributed by atoms with Crippen molar-refractivity contribution in [2.45, 2.75) is 50.4 Å². The van der Waals surface area contributed by atoms with Crippen LogP contribution in [0.4, 0.5) is 5.69 Å². The Morgan fingerprint density at radius 3 is 2.50 bits per heavy atom. The molecule has 0 atom stereocenters. The summed E-state index contributed by atoms with van der Waals surface area (Å²) >= 11 is 5.96. The van der Waals surface area contributed by atoms with E-state index in [0.29, 0.717) is 5.41 Å². The molecule has 1 aromatic rings. The smallest absolute Gasteiger partial charge is 0.239 e. The number of halogens is 1. The average molecular weight is 292 g/mol. The average Bonchev–Trinajstić information content (AvgIpc) is 2.61. The molecule has 2 spiro atoms. The summed E-state index contributed by atoms with van der Waals surface area (Å²) in [5.41, 5.74) is 1.80. The molecular formula is C15H18ClN3O. The molecule has 0 bridgehead atoms. The van der Waals surface area contributed by atoms with E-state index in [2.05, 4.69) is 9.97 Å². The first kappa shape index (κ1) is 12.6. The van der Waals surface area contributed by atoms with Gasteiger partial charge in [-0.1, -0.05) is 6.42 Å². The zero-order valence-electron chi connectivity index (χ0n) is 11.7. The summed E-state index contributed by atoms with van der Waals surface area (Å²) in [6.45, 7) is 0. The molecule has 1 amide bonds. The maximum absolute atomic E-state index is 12.8. The van der Waals surface area contributed by atoms with Crippen molar-refractivity contribution in [3.63, 3.8) is 0 Å². The number of anilines is 1. The topological polar surface area (TPSA) is 46.1 Å². The van der Waals surface area contributed by atoms with Crippen molar-refractivity contribution >= 4 is 23.2 Å². The normalized spacial score (nSPS) is 25.9. The first-order valence-corrected chi connectivity index (χ1v) is 7.75. The highest BCUT2D eigenvalue weighted by Crippen LogP contribution is 2.58. The molecule has 20 heavy (non-hydrogen) atoms. The van der Waals surface area contributed by atoms with E-state index in [1.54, 1.807) is 11.1 Å². The van der Waals surface area contributed by atoms with Crippen molar-refractivity contribution in [3.8, 4) is 0 Å². The third-order valence-electron chi connectivity index (χ3n) is 5.85. The summed E-state index contributed by atoms with van der Waals surface area (Å²) in [7, 11) is 1.82. The monoisotopic (exact) mass is 291 g/mol. The lowest BCUT2D eigenvalue weighted by molar-refractivity contribution is -0.125. The molecule has 0 aromatic carbocycles. The summed E-state index contributed by atoms with van der Waals surface area (Å²) in [5, 5.41) is 0.246. The number of aromatic nitrogens is 2. The first-order valence-electron chi connectivity index (χ1n) is 7.38. The molecule has 2 aliphatic carbocycles. The van der Waals surface area contributed by atoms with Gasteiger partial charge in [-0.15, -0.1) is 0 Å². The fourth-order valence-electron chi connectivity index (χ4n) is 4.32. The van der Waals surface area contributed by atoms with E-state index in [-0.39, 0.29) is 11.2 Å². The van der Waals surface area contributed by atoms with Crippen LogP contribution in [-0.2, 0) is 10.2 Å². The Morgan fingerprint density at radius 1 is 1.20 bits per heavy atom. The lowest BCUT2D eigenvalue weighted by atomic mass is 9.55. The van der Waals surface area contributed by atoms with Gasteiger partial charge in [0.05, 0.1) is 23.0 Å². The minimum atomic E-state index is -0.433. The Bertz CT molecular complexity index is 587. The predicted octanol–water partition coefficient (Wildman–Crippen LogP) is 3.09. The Kier molecular flexibility index (Phi) is 2.48. The van der Waals surface area contributed by atoms with Crippen LogP contribution in [0.2, 0.25) is 5.28 Å². The number of amides is 1. The van der Waals surface area contributed by atoms with Gasteiger partial charge in [0.1, 0.15) is 0 Å². The van der Waals surface area contributed by atoms with Crippen molar-refractivity contribution < 1.29 is 4.79 Å². The molecule has 0 saturated heterocycles. The second-order valence-electron chi connectivity index (χ2n) is 6.67. The Hall–Kier alpha value is -1.16. The number of nitrogens with zero attached hydrogens (tertiary/aromatic N) is 3. The molecule has 106 valence electrons. The van der Waals surface area contributed by atoms with E-state index in [1.165, 1.54) is 19.3 Å². The molecule has 2 fully saturated rings. The number of likely N-dealkylation sites (N-methyl/N-ethyl adjacent to an activating group) is 1. The number of hydrogen-bond acceptors (Lipinski definition) is 3. The van der Waals surface area contributed by atoms with Gasteiger partial charge in [0.15, 0.2) is 0 Å². The molecule has 1 aliphatic heterocycles. The number of fused-ring (bicyclic) bond motifs is 2. The molecule has 0 unspecified atom stereocenters. The third kappa shape index (κ3) is 1.46. The molecule has 3 aliphatic rings. The highest BCUT2D eigenvalue weighted by Gasteiger charge is 2.56. The van der Waals surface area contributed by atoms with Gasteiger partial charge in [-0.3, -0.25) is 4.79 Å². The summed E-state index contributed by atoms with van der Waals surface area (Å²) in [5.74, 6) is 0.179. The van der Waals surface area contributed by atoms with E-state index in [1.807, 2.05) is 7.05 Å². The van der Waals surface area contributed by atoms with Crippen molar-refractivity contribution in [3.05, 3.63) is 17.2 Å². The molecule has 1 aromatic heterocycles. The molecule has 2 saturated carbocycles. The van der Waals surface area contributed by atoms with Gasteiger partial charge in [-0.2, -0.15) is 0 Å². The number of carbonyl (C=O) groups is 1. The molecule has 4 nitrogen and oxygen atoms in total. The Morgan fingerprint density at radius 2 is 1.90 bits per heavy atom. The molecule has 0 radical (unpaired) electrons. The van der Waals surface area contributed by atoms with Crippen LogP contribution >= 0.6 is 11.6 Å². The summed E-state index contributed by atoms with van der Waals surface area (Å²) < 4.78 is 0. The first-order chi connectivity index (χ1) is 9.56. The van der Waals surface area contributed by atoms with Gasteiger partial charge in [-0.25, -0.2) is 9.97 Å². The maximum atomic E-state index is 12.8. The molecule has 2 heterocycles. The highest BCUT2D eigenvalue weighted by atomic mass is 35.5. The van der Waals surface area contributed by atoms with E-state index < -0.39 is 5.41 Å². The zero-order valence-corrected chi connectivity index (χ0v) is 12.4. The number of rotatable bonds is 0. The summed E-state index contributed by atoms with van der Waals surface area (Å²) in [6.07, 6.45) is 9.83. The van der Waals surface area contributed by atoms with Gasteiger partial charge in [0, 0.05) is 7.05 Å². The largest absolute Gasteiger partial charge is 0.312 e. The predicted molar refractivity (Wildman–Crippen MR) is 76.9 cm³/mol. The molecule has 4 rings (SSSR count). The van der Waals surface area contributed by atoms with Crippen LogP contribution in [0.5, 0.6) is 0 Å². The van der Waals surface area contributed by atoms with Crippen LogP contribution in [0.15, 0.2) is 6.20 Å². The quantitative estimate of drug-likeness (QED) is 0.690. The molecule has 5 heteroatoms. The van der Waals surface area contributed by atoms with Gasteiger partial charge in [0.25, 0.3) is 0 Å². The van der Waals surface area contributed by atoms with Crippen molar-refractivity contribution in [2.75, 3.05) is 11.9 Å². The Balaban J connectivity index is 1.75. The van der Waals surface area contributed by atoms with Gasteiger partial charge in [-0.05, 0) is 55.5 Å². The fraction of sp³-hybridized carbons (Fsp3) is 0.667. The van der Waals surface area contributed by atoms with Gasteiger partial charge < -0.3 is 4.90 Å². The minimum absolute atomic E-state index is 0.179. The van der Waals surface area contributed by atoms with Crippen molar-refractivity contribution in [1.29, 1.82) is 0 Å².